The van der Waals surface area contributed by atoms with E-state index in [4.69, 9.17) is 7.85 Å². The van der Waals surface area contributed by atoms with E-state index in [2.05, 4.69) is 11.8 Å². The Balaban J connectivity index is 4.00. The number of hydrogen-bond acceptors (Lipinski definition) is 2. The first-order valence-corrected chi connectivity index (χ1v) is 4.20. The lowest BCUT2D eigenvalue weighted by Gasteiger charge is -2.23. The van der Waals surface area contributed by atoms with Crippen molar-refractivity contribution in [3.05, 3.63) is 17.6 Å². The Morgan fingerprint density at radius 3 is 2.69 bits per heavy atom. The SMILES string of the molecule is [B]C(C)(C=C)C[C@@H](C)CC(=O)N=O. The quantitative estimate of drug-likeness (QED) is 0.369. The van der Waals surface area contributed by atoms with Crippen molar-refractivity contribution in [3.63, 3.8) is 0 Å². The summed E-state index contributed by atoms with van der Waals surface area (Å²) in [5, 5.41) is 1.85. The molecule has 0 saturated heterocycles. The lowest BCUT2D eigenvalue weighted by molar-refractivity contribution is -0.118. The van der Waals surface area contributed by atoms with Crippen molar-refractivity contribution in [1.29, 1.82) is 0 Å². The molecule has 0 aliphatic rings. The molecule has 0 fully saturated rings. The lowest BCUT2D eigenvalue weighted by atomic mass is 9.65. The van der Waals surface area contributed by atoms with Crippen molar-refractivity contribution in [2.24, 2.45) is 11.1 Å². The predicted octanol–water partition coefficient (Wildman–Crippen LogP) is 2.23. The highest BCUT2D eigenvalue weighted by atomic mass is 16.3. The highest BCUT2D eigenvalue weighted by molar-refractivity contribution is 6.16. The van der Waals surface area contributed by atoms with Gasteiger partial charge in [-0.2, -0.15) is 0 Å². The number of amides is 1. The molecule has 0 aliphatic carbocycles. The molecular weight excluding hydrogens is 165 g/mol. The monoisotopic (exact) mass is 179 g/mol. The van der Waals surface area contributed by atoms with E-state index in [0.717, 1.165) is 0 Å². The fourth-order valence-corrected chi connectivity index (χ4v) is 1.24. The molecule has 0 heterocycles. The Kier molecular flexibility index (Phi) is 4.59. The van der Waals surface area contributed by atoms with Gasteiger partial charge in [-0.15, -0.1) is 11.5 Å². The van der Waals surface area contributed by atoms with E-state index in [1.807, 2.05) is 13.8 Å². The second-order valence-corrected chi connectivity index (χ2v) is 3.71. The number of nitrogens with zero attached hydrogens (tertiary/aromatic N) is 1. The van der Waals surface area contributed by atoms with E-state index in [1.165, 1.54) is 0 Å². The van der Waals surface area contributed by atoms with Crippen molar-refractivity contribution in [1.82, 2.24) is 0 Å². The molecule has 3 nitrogen and oxygen atoms in total. The smallest absolute Gasteiger partial charge is 0.269 e. The Labute approximate surface area is 80.0 Å². The summed E-state index contributed by atoms with van der Waals surface area (Å²) in [7, 11) is 5.80. The first-order chi connectivity index (χ1) is 5.91. The normalized spacial score (nSPS) is 17.1. The average Bonchev–Trinajstić information content (AvgIpc) is 2.03. The minimum atomic E-state index is -0.618. The third-order valence-electron chi connectivity index (χ3n) is 1.88. The second-order valence-electron chi connectivity index (χ2n) is 3.71. The van der Waals surface area contributed by atoms with Gasteiger partial charge in [-0.3, -0.25) is 4.79 Å². The molecular formula is C9H14BNO2. The van der Waals surface area contributed by atoms with Crippen molar-refractivity contribution in [3.8, 4) is 0 Å². The van der Waals surface area contributed by atoms with Crippen molar-refractivity contribution in [2.75, 3.05) is 0 Å². The molecule has 0 saturated carbocycles. The minimum Gasteiger partial charge on any atom is -0.269 e. The van der Waals surface area contributed by atoms with Crippen LogP contribution in [-0.4, -0.2) is 13.8 Å². The summed E-state index contributed by atoms with van der Waals surface area (Å²) in [6, 6.07) is 0. The van der Waals surface area contributed by atoms with Gasteiger partial charge < -0.3 is 0 Å². The maximum Gasteiger partial charge on any atom is 0.286 e. The number of carbonyl (C=O) groups is 1. The van der Waals surface area contributed by atoms with Gasteiger partial charge in [0.15, 0.2) is 0 Å². The maximum absolute atomic E-state index is 10.7. The van der Waals surface area contributed by atoms with Gasteiger partial charge in [-0.25, -0.2) is 0 Å². The van der Waals surface area contributed by atoms with Crippen LogP contribution in [0.1, 0.15) is 26.7 Å². The number of allylic oxidation sites excluding steroid dienone is 1. The highest BCUT2D eigenvalue weighted by Crippen LogP contribution is 2.31. The first kappa shape index (κ1) is 12.1. The van der Waals surface area contributed by atoms with Gasteiger partial charge in [-0.1, -0.05) is 25.2 Å². The Morgan fingerprint density at radius 1 is 1.77 bits per heavy atom. The van der Waals surface area contributed by atoms with E-state index >= 15 is 0 Å². The van der Waals surface area contributed by atoms with Gasteiger partial charge in [0.1, 0.15) is 0 Å². The van der Waals surface area contributed by atoms with Crippen LogP contribution in [0.2, 0.25) is 5.31 Å². The molecule has 0 aliphatic heterocycles. The van der Waals surface area contributed by atoms with Gasteiger partial charge >= 0.3 is 0 Å². The summed E-state index contributed by atoms with van der Waals surface area (Å²) in [5.41, 5.74) is 0. The van der Waals surface area contributed by atoms with E-state index in [-0.39, 0.29) is 12.3 Å². The fourth-order valence-electron chi connectivity index (χ4n) is 1.24. The maximum atomic E-state index is 10.7. The van der Waals surface area contributed by atoms with Crippen molar-refractivity contribution >= 4 is 13.8 Å². The van der Waals surface area contributed by atoms with Crippen LogP contribution in [0.3, 0.4) is 0 Å². The molecule has 1 unspecified atom stereocenters. The minimum absolute atomic E-state index is 0.0539. The van der Waals surface area contributed by atoms with Gasteiger partial charge in [0.05, 0.1) is 7.85 Å². The Hall–Kier alpha value is -0.925. The molecule has 4 heteroatoms. The molecule has 1 amide bonds. The zero-order valence-electron chi connectivity index (χ0n) is 8.12. The molecule has 0 aromatic rings. The largest absolute Gasteiger partial charge is 0.286 e. The number of hydrogen-bond donors (Lipinski definition) is 0. The van der Waals surface area contributed by atoms with E-state index in [9.17, 15) is 9.70 Å². The number of nitroso groups, excluding NO2 is 1. The van der Waals surface area contributed by atoms with E-state index in [1.54, 1.807) is 6.08 Å². The first-order valence-electron chi connectivity index (χ1n) is 4.20. The summed E-state index contributed by atoms with van der Waals surface area (Å²) in [6.45, 7) is 7.28. The van der Waals surface area contributed by atoms with Crippen LogP contribution in [0.25, 0.3) is 0 Å². The topological polar surface area (TPSA) is 46.5 Å². The van der Waals surface area contributed by atoms with Crippen LogP contribution in [0.4, 0.5) is 0 Å². The Bertz CT molecular complexity index is 214. The standard InChI is InChI=1S/C9H14BNO2/c1-4-9(3,10)6-7(2)5-8(12)11-13/h4,7H,1,5-6H2,2-3H3/t7-,9?/m0/s1. The molecule has 0 spiro atoms. The summed E-state index contributed by atoms with van der Waals surface area (Å²) < 4.78 is 0. The van der Waals surface area contributed by atoms with Gasteiger partial charge in [0.2, 0.25) is 0 Å². The van der Waals surface area contributed by atoms with Crippen molar-refractivity contribution in [2.45, 2.75) is 32.0 Å². The summed E-state index contributed by atoms with van der Waals surface area (Å²) in [6.07, 6.45) is 2.42. The van der Waals surface area contributed by atoms with Crippen LogP contribution in [0, 0.1) is 10.8 Å². The molecule has 0 aromatic heterocycles. The number of rotatable bonds is 5. The summed E-state index contributed by atoms with van der Waals surface area (Å²) in [5.74, 6) is -0.564. The molecule has 0 N–H and O–H groups in total. The lowest BCUT2D eigenvalue weighted by Crippen LogP contribution is -2.12. The Morgan fingerprint density at radius 2 is 2.31 bits per heavy atom. The van der Waals surface area contributed by atoms with Crippen LogP contribution in [-0.2, 0) is 4.79 Å². The summed E-state index contributed by atoms with van der Waals surface area (Å²) >= 11 is 0. The van der Waals surface area contributed by atoms with E-state index < -0.39 is 11.2 Å². The predicted molar refractivity (Wildman–Crippen MR) is 53.5 cm³/mol. The van der Waals surface area contributed by atoms with Gasteiger partial charge in [0.25, 0.3) is 5.91 Å². The van der Waals surface area contributed by atoms with Crippen LogP contribution >= 0.6 is 0 Å². The summed E-state index contributed by atoms with van der Waals surface area (Å²) in [4.78, 5) is 20.5. The molecule has 0 bridgehead atoms. The highest BCUT2D eigenvalue weighted by Gasteiger charge is 2.18. The molecule has 0 aromatic carbocycles. The molecule has 0 rings (SSSR count). The third-order valence-corrected chi connectivity index (χ3v) is 1.88. The zero-order chi connectivity index (χ0) is 10.5. The second kappa shape index (κ2) is 4.95. The molecule has 2 radical (unpaired) electrons. The molecule has 13 heavy (non-hydrogen) atoms. The number of carbonyl (C=O) groups excluding carboxylic acids is 1. The van der Waals surface area contributed by atoms with Crippen LogP contribution < -0.4 is 0 Å². The molecule has 70 valence electrons. The zero-order valence-corrected chi connectivity index (χ0v) is 8.12. The average molecular weight is 179 g/mol. The van der Waals surface area contributed by atoms with Crippen LogP contribution in [0.5, 0.6) is 0 Å². The van der Waals surface area contributed by atoms with Gasteiger partial charge in [-0.05, 0) is 12.3 Å². The van der Waals surface area contributed by atoms with E-state index in [0.29, 0.717) is 6.42 Å². The molecule has 2 atom stereocenters. The van der Waals surface area contributed by atoms with Gasteiger partial charge in [0, 0.05) is 11.6 Å². The van der Waals surface area contributed by atoms with Crippen molar-refractivity contribution < 1.29 is 4.79 Å². The van der Waals surface area contributed by atoms with Crippen LogP contribution in [0.15, 0.2) is 17.8 Å². The fraction of sp³-hybridized carbons (Fsp3) is 0.667. The third kappa shape index (κ3) is 5.34.